The van der Waals surface area contributed by atoms with Crippen molar-refractivity contribution in [1.82, 2.24) is 0 Å². The van der Waals surface area contributed by atoms with Crippen LogP contribution in [-0.4, -0.2) is 67.7 Å². The summed E-state index contributed by atoms with van der Waals surface area (Å²) in [5.74, 6) is -12.3. The lowest BCUT2D eigenvalue weighted by Crippen LogP contribution is -2.43. The Balaban J connectivity index is 1.33. The number of carbonyl (C=O) groups excluding carboxylic acids is 4. The highest BCUT2D eigenvalue weighted by Crippen LogP contribution is 2.60. The molecule has 0 bridgehead atoms. The molecule has 4 amide bonds. The van der Waals surface area contributed by atoms with E-state index in [0.29, 0.717) is 5.57 Å². The first-order chi connectivity index (χ1) is 23.8. The third-order valence-electron chi connectivity index (χ3n) is 10.3. The van der Waals surface area contributed by atoms with Crippen molar-refractivity contribution in [3.63, 3.8) is 0 Å². The van der Waals surface area contributed by atoms with Crippen LogP contribution in [0.1, 0.15) is 52.0 Å². The Morgan fingerprint density at radius 3 is 1.84 bits per heavy atom. The van der Waals surface area contributed by atoms with E-state index in [1.165, 1.54) is 12.1 Å². The monoisotopic (exact) mass is 682 g/mol. The lowest BCUT2D eigenvalue weighted by Gasteiger charge is -2.44. The van der Waals surface area contributed by atoms with Crippen LogP contribution in [0.5, 0.6) is 23.0 Å². The van der Waals surface area contributed by atoms with Crippen LogP contribution < -0.4 is 14.5 Å². The number of allylic oxidation sites excluding steroid dienone is 2. The number of benzene rings is 3. The van der Waals surface area contributed by atoms with Gasteiger partial charge in [0.25, 0.3) is 0 Å². The molecular formula is C36H30N2O12. The molecule has 7 rings (SSSR count). The lowest BCUT2D eigenvalue weighted by atomic mass is 9.57. The minimum atomic E-state index is -1.41. The Labute approximate surface area is 283 Å². The molecule has 50 heavy (non-hydrogen) atoms. The summed E-state index contributed by atoms with van der Waals surface area (Å²) in [6, 6.07) is 11.5. The number of carboxylic acids is 2. The number of rotatable bonds is 7. The number of nitrogens with zero attached hydrogens (tertiary/aromatic N) is 2. The summed E-state index contributed by atoms with van der Waals surface area (Å²) in [4.78, 5) is 81.3. The Bertz CT molecular complexity index is 2070. The summed E-state index contributed by atoms with van der Waals surface area (Å²) in [5.41, 5.74) is -0.0626. The van der Waals surface area contributed by atoms with Gasteiger partial charge in [-0.25, -0.2) is 19.4 Å². The molecule has 256 valence electrons. The summed E-state index contributed by atoms with van der Waals surface area (Å²) < 4.78 is 5.62. The van der Waals surface area contributed by atoms with Crippen LogP contribution in [0.25, 0.3) is 0 Å². The van der Waals surface area contributed by atoms with Crippen molar-refractivity contribution in [1.29, 1.82) is 0 Å². The number of amides is 4. The number of aromatic hydroxyl groups is 3. The number of aromatic carboxylic acids is 2. The fourth-order valence-electron chi connectivity index (χ4n) is 8.19. The Morgan fingerprint density at radius 1 is 0.740 bits per heavy atom. The molecule has 2 aliphatic carbocycles. The van der Waals surface area contributed by atoms with Gasteiger partial charge in [-0.15, -0.1) is 0 Å². The number of carbonyl (C=O) groups is 6. The van der Waals surface area contributed by atoms with Crippen LogP contribution in [0.4, 0.5) is 11.4 Å². The number of phenols is 3. The lowest BCUT2D eigenvalue weighted by molar-refractivity contribution is -0.126. The minimum absolute atomic E-state index is 0.0175. The van der Waals surface area contributed by atoms with Crippen molar-refractivity contribution in [3.8, 4) is 23.0 Å². The first-order valence-corrected chi connectivity index (χ1v) is 15.9. The van der Waals surface area contributed by atoms with Gasteiger partial charge < -0.3 is 30.3 Å². The second kappa shape index (κ2) is 11.8. The maximum Gasteiger partial charge on any atom is 0.339 e. The SMILES string of the molecule is CCOc1cccc(C2C3=CCC4C(=O)N(c5ccc(C(=O)O)c(O)c5)C(=O)C4C3CC3C(=O)N(c4ccc(C(=O)O)c(O)c4)C(=O)C32)c1O. The zero-order valence-electron chi connectivity index (χ0n) is 26.3. The van der Waals surface area contributed by atoms with Crippen molar-refractivity contribution in [2.45, 2.75) is 25.7 Å². The molecule has 4 aliphatic rings. The van der Waals surface area contributed by atoms with E-state index in [-0.39, 0.29) is 47.9 Å². The number of para-hydroxylation sites is 1. The zero-order valence-corrected chi connectivity index (χ0v) is 26.3. The van der Waals surface area contributed by atoms with E-state index in [2.05, 4.69) is 0 Å². The molecule has 3 aromatic carbocycles. The van der Waals surface area contributed by atoms with Gasteiger partial charge in [-0.3, -0.25) is 19.2 Å². The number of carboxylic acid groups (broad SMARTS) is 2. The van der Waals surface area contributed by atoms with Gasteiger partial charge in [-0.2, -0.15) is 0 Å². The fourth-order valence-corrected chi connectivity index (χ4v) is 8.19. The van der Waals surface area contributed by atoms with Crippen molar-refractivity contribution in [2.24, 2.45) is 29.6 Å². The average Bonchev–Trinajstić information content (AvgIpc) is 3.48. The van der Waals surface area contributed by atoms with Crippen LogP contribution in [0, 0.1) is 29.6 Å². The van der Waals surface area contributed by atoms with Crippen molar-refractivity contribution >= 4 is 46.9 Å². The molecule has 0 radical (unpaired) electrons. The van der Waals surface area contributed by atoms with Crippen LogP contribution in [-0.2, 0) is 19.2 Å². The largest absolute Gasteiger partial charge is 0.507 e. The molecule has 6 atom stereocenters. The summed E-state index contributed by atoms with van der Waals surface area (Å²) >= 11 is 0. The van der Waals surface area contributed by atoms with Gasteiger partial charge in [0.1, 0.15) is 22.6 Å². The maximum absolute atomic E-state index is 14.3. The molecule has 1 saturated carbocycles. The van der Waals surface area contributed by atoms with E-state index in [9.17, 15) is 54.3 Å². The molecule has 2 heterocycles. The quantitative estimate of drug-likeness (QED) is 0.178. The smallest absolute Gasteiger partial charge is 0.339 e. The predicted molar refractivity (Wildman–Crippen MR) is 172 cm³/mol. The van der Waals surface area contributed by atoms with Crippen molar-refractivity contribution < 1.29 is 59.0 Å². The van der Waals surface area contributed by atoms with Crippen LogP contribution in [0.3, 0.4) is 0 Å². The fraction of sp³-hybridized carbons (Fsp3) is 0.278. The Morgan fingerprint density at radius 2 is 1.30 bits per heavy atom. The standard InChI is InChI=1S/C36H30N2O12/c1-2-50-26-5-3-4-20(30(26)41)27-17-10-11-21-28(33(44)37(31(21)42)15-6-8-18(35(46)47)24(39)12-15)22(17)14-23-29(27)34(45)38(32(23)43)16-7-9-19(36(48)49)25(40)13-16/h3-10,12-13,21-23,27-29,39-41H,2,11,14H2,1H3,(H,46,47)(H,48,49). The van der Waals surface area contributed by atoms with E-state index in [4.69, 9.17) is 4.74 Å². The number of phenolic OH excluding ortho intramolecular Hbond substituents is 1. The molecule has 14 nitrogen and oxygen atoms in total. The molecule has 3 fully saturated rings. The predicted octanol–water partition coefficient (Wildman–Crippen LogP) is 3.64. The van der Waals surface area contributed by atoms with Crippen LogP contribution in [0.15, 0.2) is 66.2 Å². The second-order valence-corrected chi connectivity index (χ2v) is 12.7. The number of hydrogen-bond donors (Lipinski definition) is 5. The third kappa shape index (κ3) is 4.70. The summed E-state index contributed by atoms with van der Waals surface area (Å²) in [7, 11) is 0. The molecule has 2 aliphatic heterocycles. The van der Waals surface area contributed by atoms with Crippen LogP contribution in [0.2, 0.25) is 0 Å². The number of anilines is 2. The molecule has 3 aromatic rings. The number of ether oxygens (including phenoxy) is 1. The van der Waals surface area contributed by atoms with Crippen molar-refractivity contribution in [2.75, 3.05) is 16.4 Å². The van der Waals surface area contributed by atoms with Gasteiger partial charge >= 0.3 is 11.9 Å². The average molecular weight is 683 g/mol. The minimum Gasteiger partial charge on any atom is -0.507 e. The van der Waals surface area contributed by atoms with Gasteiger partial charge in [0.15, 0.2) is 11.5 Å². The zero-order chi connectivity index (χ0) is 35.8. The van der Waals surface area contributed by atoms with E-state index in [1.54, 1.807) is 31.2 Å². The van der Waals surface area contributed by atoms with Crippen molar-refractivity contribution in [3.05, 3.63) is 82.9 Å². The van der Waals surface area contributed by atoms with Gasteiger partial charge in [-0.05, 0) is 56.0 Å². The molecule has 0 aromatic heterocycles. The summed E-state index contributed by atoms with van der Waals surface area (Å²) in [6.07, 6.45) is 1.84. The molecule has 0 spiro atoms. The number of hydrogen-bond acceptors (Lipinski definition) is 10. The van der Waals surface area contributed by atoms with Crippen LogP contribution >= 0.6 is 0 Å². The second-order valence-electron chi connectivity index (χ2n) is 12.7. The number of imide groups is 2. The first-order valence-electron chi connectivity index (χ1n) is 15.9. The normalized spacial score (nSPS) is 25.6. The van der Waals surface area contributed by atoms with Gasteiger partial charge in [0.2, 0.25) is 23.6 Å². The number of fused-ring (bicyclic) bond motifs is 4. The third-order valence-corrected chi connectivity index (χ3v) is 10.3. The van der Waals surface area contributed by atoms with E-state index in [0.717, 1.165) is 34.1 Å². The molecule has 6 unspecified atom stereocenters. The Hall–Kier alpha value is -6.18. The summed E-state index contributed by atoms with van der Waals surface area (Å²) in [5, 5.41) is 50.9. The van der Waals surface area contributed by atoms with E-state index < -0.39 is 93.7 Å². The Kier molecular flexibility index (Phi) is 7.61. The van der Waals surface area contributed by atoms with Gasteiger partial charge in [-0.1, -0.05) is 23.8 Å². The first kappa shape index (κ1) is 32.4. The maximum atomic E-state index is 14.3. The van der Waals surface area contributed by atoms with Gasteiger partial charge in [0.05, 0.1) is 41.7 Å². The highest BCUT2D eigenvalue weighted by molar-refractivity contribution is 6.24. The topological polar surface area (TPSA) is 219 Å². The molecular weight excluding hydrogens is 652 g/mol. The molecule has 14 heteroatoms. The van der Waals surface area contributed by atoms with E-state index >= 15 is 0 Å². The summed E-state index contributed by atoms with van der Waals surface area (Å²) in [6.45, 7) is 1.95. The highest BCUT2D eigenvalue weighted by atomic mass is 16.5. The highest BCUT2D eigenvalue weighted by Gasteiger charge is 2.62. The van der Waals surface area contributed by atoms with E-state index in [1.807, 2.05) is 0 Å². The van der Waals surface area contributed by atoms with Gasteiger partial charge in [0, 0.05) is 23.6 Å². The molecule has 5 N–H and O–H groups in total. The molecule has 2 saturated heterocycles.